The molecule has 1 heterocycles. The quantitative estimate of drug-likeness (QED) is 0.547. The number of ether oxygens (including phenoxy) is 3. The van der Waals surface area contributed by atoms with Gasteiger partial charge in [0.2, 0.25) is 0 Å². The molecule has 0 saturated carbocycles. The molecule has 112 valence electrons. The van der Waals surface area contributed by atoms with Crippen LogP contribution in [0.4, 0.5) is 0 Å². The third kappa shape index (κ3) is 3.56. The Hall–Kier alpha value is -1.12. The molecule has 0 N–H and O–H groups in total. The first kappa shape index (κ1) is 16.3. The average molecular weight is 421 g/mol. The van der Waals surface area contributed by atoms with Crippen LogP contribution in [-0.4, -0.2) is 31.3 Å². The van der Waals surface area contributed by atoms with Crippen molar-refractivity contribution in [3.05, 3.63) is 32.6 Å². The second-order valence-electron chi connectivity index (χ2n) is 4.10. The van der Waals surface area contributed by atoms with Gasteiger partial charge < -0.3 is 14.2 Å². The Morgan fingerprint density at radius 1 is 1.14 bits per heavy atom. The van der Waals surface area contributed by atoms with E-state index in [1.165, 1.54) is 0 Å². The maximum Gasteiger partial charge on any atom is 0.165 e. The summed E-state index contributed by atoms with van der Waals surface area (Å²) in [6.07, 6.45) is 0. The van der Waals surface area contributed by atoms with Gasteiger partial charge in [-0.1, -0.05) is 11.6 Å². The van der Waals surface area contributed by atoms with Crippen LogP contribution in [0.25, 0.3) is 11.4 Å². The summed E-state index contributed by atoms with van der Waals surface area (Å²) in [6, 6.07) is 5.44. The molecule has 0 aliphatic rings. The number of hydrogen-bond donors (Lipinski definition) is 0. The molecule has 21 heavy (non-hydrogen) atoms. The summed E-state index contributed by atoms with van der Waals surface area (Å²) in [5, 5.41) is 0.394. The molecule has 2 aromatic rings. The lowest BCUT2D eigenvalue weighted by molar-refractivity contribution is 0.181. The molecule has 0 aliphatic carbocycles. The second-order valence-corrected chi connectivity index (χ2v) is 5.53. The zero-order valence-electron chi connectivity index (χ0n) is 11.8. The van der Waals surface area contributed by atoms with Gasteiger partial charge in [0.15, 0.2) is 5.82 Å². The van der Waals surface area contributed by atoms with Crippen LogP contribution in [0.15, 0.2) is 18.2 Å². The van der Waals surface area contributed by atoms with Gasteiger partial charge in [0.05, 0.1) is 35.7 Å². The lowest BCUT2D eigenvalue weighted by atomic mass is 10.1. The van der Waals surface area contributed by atoms with E-state index in [2.05, 4.69) is 32.6 Å². The molecule has 0 saturated heterocycles. The third-order valence-corrected chi connectivity index (χ3v) is 4.54. The van der Waals surface area contributed by atoms with E-state index >= 15 is 0 Å². The minimum atomic E-state index is 0.367. The highest BCUT2D eigenvalue weighted by Gasteiger charge is 2.15. The Bertz CT molecular complexity index is 652. The smallest absolute Gasteiger partial charge is 0.165 e. The summed E-state index contributed by atoms with van der Waals surface area (Å²) in [4.78, 5) is 8.83. The number of nitrogens with zero attached hydrogens (tertiary/aromatic N) is 2. The van der Waals surface area contributed by atoms with Crippen molar-refractivity contribution in [1.82, 2.24) is 9.97 Å². The standard InChI is InChI=1S/C14H14ClIN2O3/c1-19-7-10-12(16)13(15)18-14(17-10)9-5-4-8(20-2)6-11(9)21-3/h4-6H,7H2,1-3H3. The summed E-state index contributed by atoms with van der Waals surface area (Å²) in [7, 11) is 4.80. The molecule has 7 heteroatoms. The fraction of sp³-hybridized carbons (Fsp3) is 0.286. The fourth-order valence-electron chi connectivity index (χ4n) is 1.80. The Labute approximate surface area is 141 Å². The van der Waals surface area contributed by atoms with Crippen LogP contribution in [0.1, 0.15) is 5.69 Å². The zero-order chi connectivity index (χ0) is 15.4. The predicted octanol–water partition coefficient (Wildman–Crippen LogP) is 3.57. The molecule has 0 atom stereocenters. The van der Waals surface area contributed by atoms with Crippen molar-refractivity contribution in [1.29, 1.82) is 0 Å². The van der Waals surface area contributed by atoms with Gasteiger partial charge in [0, 0.05) is 13.2 Å². The fourth-order valence-corrected chi connectivity index (χ4v) is 2.39. The first-order valence-corrected chi connectivity index (χ1v) is 7.49. The van der Waals surface area contributed by atoms with Gasteiger partial charge in [-0.2, -0.15) is 0 Å². The molecule has 0 bridgehead atoms. The zero-order valence-corrected chi connectivity index (χ0v) is 14.7. The first-order valence-electron chi connectivity index (χ1n) is 6.04. The van der Waals surface area contributed by atoms with Crippen molar-refractivity contribution in [2.75, 3.05) is 21.3 Å². The monoisotopic (exact) mass is 420 g/mol. The van der Waals surface area contributed by atoms with Crippen molar-refractivity contribution in [3.63, 3.8) is 0 Å². The highest BCUT2D eigenvalue weighted by atomic mass is 127. The molecule has 2 rings (SSSR count). The van der Waals surface area contributed by atoms with Gasteiger partial charge in [0.25, 0.3) is 0 Å². The van der Waals surface area contributed by atoms with Gasteiger partial charge in [-0.25, -0.2) is 9.97 Å². The van der Waals surface area contributed by atoms with Crippen molar-refractivity contribution in [2.45, 2.75) is 6.61 Å². The first-order chi connectivity index (χ1) is 10.1. The van der Waals surface area contributed by atoms with Crippen LogP contribution in [0.2, 0.25) is 5.15 Å². The molecule has 5 nitrogen and oxygen atoms in total. The minimum absolute atomic E-state index is 0.367. The number of halogens is 2. The van der Waals surface area contributed by atoms with Gasteiger partial charge in [-0.15, -0.1) is 0 Å². The molecule has 0 unspecified atom stereocenters. The molecule has 1 aromatic carbocycles. The highest BCUT2D eigenvalue weighted by molar-refractivity contribution is 14.1. The van der Waals surface area contributed by atoms with Crippen molar-refractivity contribution in [3.8, 4) is 22.9 Å². The van der Waals surface area contributed by atoms with E-state index in [0.29, 0.717) is 29.1 Å². The van der Waals surface area contributed by atoms with Crippen molar-refractivity contribution in [2.24, 2.45) is 0 Å². The maximum atomic E-state index is 6.18. The van der Waals surface area contributed by atoms with Crippen LogP contribution in [0.3, 0.4) is 0 Å². The van der Waals surface area contributed by atoms with E-state index in [-0.39, 0.29) is 0 Å². The SMILES string of the molecule is COCc1nc(-c2ccc(OC)cc2OC)nc(Cl)c1I. The number of methoxy groups -OCH3 is 3. The minimum Gasteiger partial charge on any atom is -0.497 e. The highest BCUT2D eigenvalue weighted by Crippen LogP contribution is 2.33. The maximum absolute atomic E-state index is 6.18. The number of benzene rings is 1. The largest absolute Gasteiger partial charge is 0.497 e. The number of rotatable bonds is 5. The van der Waals surface area contributed by atoms with E-state index in [0.717, 1.165) is 14.8 Å². The Morgan fingerprint density at radius 3 is 2.52 bits per heavy atom. The van der Waals surface area contributed by atoms with E-state index in [1.807, 2.05) is 12.1 Å². The van der Waals surface area contributed by atoms with Gasteiger partial charge >= 0.3 is 0 Å². The lowest BCUT2D eigenvalue weighted by Gasteiger charge is -2.11. The predicted molar refractivity (Wildman–Crippen MR) is 89.0 cm³/mol. The Kier molecular flexibility index (Phi) is 5.60. The van der Waals surface area contributed by atoms with E-state index in [4.69, 9.17) is 25.8 Å². The summed E-state index contributed by atoms with van der Waals surface area (Å²) in [5.74, 6) is 1.81. The molecule has 0 spiro atoms. The van der Waals surface area contributed by atoms with E-state index < -0.39 is 0 Å². The molecular formula is C14H14ClIN2O3. The summed E-state index contributed by atoms with van der Waals surface area (Å²) >= 11 is 8.28. The Morgan fingerprint density at radius 2 is 1.90 bits per heavy atom. The van der Waals surface area contributed by atoms with Crippen LogP contribution in [-0.2, 0) is 11.3 Å². The molecule has 1 aromatic heterocycles. The van der Waals surface area contributed by atoms with Crippen LogP contribution >= 0.6 is 34.2 Å². The topological polar surface area (TPSA) is 53.5 Å². The van der Waals surface area contributed by atoms with Crippen LogP contribution in [0, 0.1) is 3.57 Å². The molecule has 0 amide bonds. The molecule has 0 radical (unpaired) electrons. The van der Waals surface area contributed by atoms with Gasteiger partial charge in [-0.05, 0) is 34.7 Å². The van der Waals surface area contributed by atoms with Crippen LogP contribution in [0.5, 0.6) is 11.5 Å². The average Bonchev–Trinajstić information content (AvgIpc) is 2.51. The summed E-state index contributed by atoms with van der Waals surface area (Å²) < 4.78 is 16.5. The molecule has 0 fully saturated rings. The lowest BCUT2D eigenvalue weighted by Crippen LogP contribution is -2.03. The van der Waals surface area contributed by atoms with Gasteiger partial charge in [-0.3, -0.25) is 0 Å². The van der Waals surface area contributed by atoms with E-state index in [9.17, 15) is 0 Å². The Balaban J connectivity index is 2.56. The third-order valence-electron chi connectivity index (χ3n) is 2.81. The van der Waals surface area contributed by atoms with Crippen LogP contribution < -0.4 is 9.47 Å². The van der Waals surface area contributed by atoms with E-state index in [1.54, 1.807) is 27.4 Å². The molecular weight excluding hydrogens is 407 g/mol. The van der Waals surface area contributed by atoms with Gasteiger partial charge in [0.1, 0.15) is 16.7 Å². The van der Waals surface area contributed by atoms with Crippen molar-refractivity contribution < 1.29 is 14.2 Å². The van der Waals surface area contributed by atoms with Crippen molar-refractivity contribution >= 4 is 34.2 Å². The summed E-state index contributed by atoms with van der Waals surface area (Å²) in [5.41, 5.74) is 1.49. The second kappa shape index (κ2) is 7.24. The number of aromatic nitrogens is 2. The number of hydrogen-bond acceptors (Lipinski definition) is 5. The summed E-state index contributed by atoms with van der Waals surface area (Å²) in [6.45, 7) is 0.367. The normalized spacial score (nSPS) is 10.5. The molecule has 0 aliphatic heterocycles.